The molecule has 0 bridgehead atoms. The lowest BCUT2D eigenvalue weighted by Gasteiger charge is -2.09. The van der Waals surface area contributed by atoms with Crippen LogP contribution in [-0.2, 0) is 4.79 Å². The van der Waals surface area contributed by atoms with Crippen LogP contribution < -0.4 is 0 Å². The molecule has 1 atom stereocenters. The SMILES string of the molecule is O=CC1CCCCCCCSSSS1. The minimum absolute atomic E-state index is 0.215. The maximum absolute atomic E-state index is 10.7. The van der Waals surface area contributed by atoms with Gasteiger partial charge in [-0.1, -0.05) is 47.3 Å². The van der Waals surface area contributed by atoms with Crippen LogP contribution >= 0.6 is 41.2 Å². The van der Waals surface area contributed by atoms with E-state index in [0.717, 1.165) is 12.7 Å². The van der Waals surface area contributed by atoms with Gasteiger partial charge in [0, 0.05) is 5.75 Å². The number of hydrogen-bond donors (Lipinski definition) is 0. The molecular weight excluding hydrogens is 252 g/mol. The van der Waals surface area contributed by atoms with Crippen LogP contribution in [-0.4, -0.2) is 17.3 Å². The van der Waals surface area contributed by atoms with Crippen LogP contribution in [0.1, 0.15) is 38.5 Å². The zero-order valence-corrected chi connectivity index (χ0v) is 11.4. The fourth-order valence-electron chi connectivity index (χ4n) is 1.30. The zero-order valence-electron chi connectivity index (χ0n) is 8.15. The lowest BCUT2D eigenvalue weighted by atomic mass is 10.1. The summed E-state index contributed by atoms with van der Waals surface area (Å²) in [6.07, 6.45) is 8.73. The highest BCUT2D eigenvalue weighted by Gasteiger charge is 2.09. The largest absolute Gasteiger partial charge is 0.302 e. The first kappa shape index (κ1) is 13.1. The van der Waals surface area contributed by atoms with Gasteiger partial charge in [-0.2, -0.15) is 0 Å². The van der Waals surface area contributed by atoms with Gasteiger partial charge in [-0.15, -0.1) is 0 Å². The Hall–Kier alpha value is 1.07. The van der Waals surface area contributed by atoms with Crippen LogP contribution in [0.15, 0.2) is 0 Å². The van der Waals surface area contributed by atoms with Crippen molar-refractivity contribution >= 4 is 47.5 Å². The van der Waals surface area contributed by atoms with Crippen molar-refractivity contribution in [2.24, 2.45) is 0 Å². The summed E-state index contributed by atoms with van der Waals surface area (Å²) < 4.78 is 0. The van der Waals surface area contributed by atoms with E-state index in [9.17, 15) is 4.79 Å². The van der Waals surface area contributed by atoms with Crippen molar-refractivity contribution in [2.45, 2.75) is 43.8 Å². The third kappa shape index (κ3) is 6.53. The van der Waals surface area contributed by atoms with Crippen LogP contribution in [0, 0.1) is 0 Å². The summed E-state index contributed by atoms with van der Waals surface area (Å²) in [4.78, 5) is 10.7. The fraction of sp³-hybridized carbons (Fsp3) is 0.889. The predicted molar refractivity (Wildman–Crippen MR) is 72.8 cm³/mol. The van der Waals surface area contributed by atoms with Gasteiger partial charge in [0.1, 0.15) is 6.29 Å². The Bertz CT molecular complexity index is 142. The molecule has 5 heteroatoms. The van der Waals surface area contributed by atoms with E-state index >= 15 is 0 Å². The van der Waals surface area contributed by atoms with E-state index in [-0.39, 0.29) is 5.25 Å². The standard InChI is InChI=1S/C9H16OS4/c10-8-9-6-4-2-1-3-5-7-11-13-14-12-9/h8-9H,1-7H2. The Labute approximate surface area is 102 Å². The van der Waals surface area contributed by atoms with Crippen LogP contribution in [0.5, 0.6) is 0 Å². The highest BCUT2D eigenvalue weighted by Crippen LogP contribution is 2.45. The van der Waals surface area contributed by atoms with E-state index in [4.69, 9.17) is 0 Å². The summed E-state index contributed by atoms with van der Waals surface area (Å²) in [6.45, 7) is 0. The summed E-state index contributed by atoms with van der Waals surface area (Å²) in [5, 5.41) is 0.215. The Morgan fingerprint density at radius 3 is 2.64 bits per heavy atom. The molecule has 1 nitrogen and oxygen atoms in total. The molecule has 0 spiro atoms. The van der Waals surface area contributed by atoms with Gasteiger partial charge in [0.15, 0.2) is 0 Å². The Morgan fingerprint density at radius 2 is 1.79 bits per heavy atom. The van der Waals surface area contributed by atoms with Crippen LogP contribution in [0.4, 0.5) is 0 Å². The summed E-state index contributed by atoms with van der Waals surface area (Å²) in [5.41, 5.74) is 0. The predicted octanol–water partition coefficient (Wildman–Crippen LogP) is 4.59. The van der Waals surface area contributed by atoms with Crippen molar-refractivity contribution < 1.29 is 4.79 Å². The number of hydrogen-bond acceptors (Lipinski definition) is 5. The summed E-state index contributed by atoms with van der Waals surface area (Å²) in [6, 6.07) is 0. The minimum Gasteiger partial charge on any atom is -0.302 e. The van der Waals surface area contributed by atoms with Gasteiger partial charge in [-0.3, -0.25) is 0 Å². The van der Waals surface area contributed by atoms with E-state index in [1.54, 1.807) is 20.6 Å². The van der Waals surface area contributed by atoms with E-state index in [1.165, 1.54) is 37.9 Å². The maximum Gasteiger partial charge on any atom is 0.133 e. The van der Waals surface area contributed by atoms with Crippen LogP contribution in [0.3, 0.4) is 0 Å². The van der Waals surface area contributed by atoms with Crippen molar-refractivity contribution in [3.05, 3.63) is 0 Å². The molecule has 0 N–H and O–H groups in total. The molecule has 1 fully saturated rings. The van der Waals surface area contributed by atoms with Crippen molar-refractivity contribution in [2.75, 3.05) is 5.75 Å². The van der Waals surface area contributed by atoms with Gasteiger partial charge in [-0.05, 0) is 32.5 Å². The van der Waals surface area contributed by atoms with Crippen molar-refractivity contribution in [3.8, 4) is 0 Å². The molecule has 1 saturated heterocycles. The van der Waals surface area contributed by atoms with E-state index in [0.29, 0.717) is 0 Å². The number of carbonyl (C=O) groups is 1. The first-order chi connectivity index (χ1) is 6.93. The Balaban J connectivity index is 2.20. The normalized spacial score (nSPS) is 27.3. The molecule has 1 heterocycles. The quantitative estimate of drug-likeness (QED) is 0.509. The van der Waals surface area contributed by atoms with E-state index in [2.05, 4.69) is 0 Å². The van der Waals surface area contributed by atoms with Gasteiger partial charge in [0.2, 0.25) is 0 Å². The van der Waals surface area contributed by atoms with Crippen LogP contribution in [0.25, 0.3) is 0 Å². The molecule has 1 aliphatic rings. The highest BCUT2D eigenvalue weighted by atomic mass is 33.7. The molecular formula is C9H16OS4. The van der Waals surface area contributed by atoms with Gasteiger partial charge in [0.25, 0.3) is 0 Å². The van der Waals surface area contributed by atoms with Gasteiger partial charge >= 0.3 is 0 Å². The maximum atomic E-state index is 10.7. The molecule has 1 unspecified atom stereocenters. The first-order valence-corrected chi connectivity index (χ1v) is 10.1. The van der Waals surface area contributed by atoms with Crippen molar-refractivity contribution in [1.29, 1.82) is 0 Å². The van der Waals surface area contributed by atoms with Gasteiger partial charge in [0.05, 0.1) is 5.25 Å². The summed E-state index contributed by atoms with van der Waals surface area (Å²) >= 11 is 0. The lowest BCUT2D eigenvalue weighted by Crippen LogP contribution is -2.01. The van der Waals surface area contributed by atoms with Gasteiger partial charge < -0.3 is 4.79 Å². The molecule has 1 rings (SSSR count). The molecule has 0 aromatic carbocycles. The second-order valence-corrected chi connectivity index (χ2v) is 9.55. The molecule has 0 aromatic rings. The first-order valence-electron chi connectivity index (χ1n) is 5.00. The second-order valence-electron chi connectivity index (χ2n) is 3.29. The Kier molecular flexibility index (Phi) is 8.73. The molecule has 0 aromatic heterocycles. The monoisotopic (exact) mass is 268 g/mol. The number of aldehydes is 1. The van der Waals surface area contributed by atoms with E-state index < -0.39 is 0 Å². The average Bonchev–Trinajstić information content (AvgIpc) is 2.19. The molecule has 82 valence electrons. The van der Waals surface area contributed by atoms with Crippen LogP contribution in [0.2, 0.25) is 0 Å². The molecule has 14 heavy (non-hydrogen) atoms. The molecule has 1 aliphatic heterocycles. The smallest absolute Gasteiger partial charge is 0.133 e. The number of rotatable bonds is 1. The van der Waals surface area contributed by atoms with E-state index in [1.807, 2.05) is 20.6 Å². The molecule has 0 amide bonds. The van der Waals surface area contributed by atoms with Crippen molar-refractivity contribution in [1.82, 2.24) is 0 Å². The minimum atomic E-state index is 0.215. The highest BCUT2D eigenvalue weighted by molar-refractivity contribution is 9.26. The van der Waals surface area contributed by atoms with Crippen molar-refractivity contribution in [3.63, 3.8) is 0 Å². The summed E-state index contributed by atoms with van der Waals surface area (Å²) in [5.74, 6) is 1.25. The topological polar surface area (TPSA) is 17.1 Å². The van der Waals surface area contributed by atoms with Gasteiger partial charge in [-0.25, -0.2) is 0 Å². The number of carbonyl (C=O) groups excluding carboxylic acids is 1. The lowest BCUT2D eigenvalue weighted by molar-refractivity contribution is -0.107. The zero-order chi connectivity index (χ0) is 10.1. The molecule has 0 radical (unpaired) electrons. The Morgan fingerprint density at radius 1 is 1.00 bits per heavy atom. The molecule has 0 saturated carbocycles. The summed E-state index contributed by atoms with van der Waals surface area (Å²) in [7, 11) is 7.24. The third-order valence-electron chi connectivity index (χ3n) is 2.11. The molecule has 0 aliphatic carbocycles. The second kappa shape index (κ2) is 9.31. The third-order valence-corrected chi connectivity index (χ3v) is 8.89. The average molecular weight is 268 g/mol. The fourth-order valence-corrected chi connectivity index (χ4v) is 7.76.